The Morgan fingerprint density at radius 1 is 1.11 bits per heavy atom. The molecule has 0 saturated carbocycles. The number of nitrogens with zero attached hydrogens (tertiary/aromatic N) is 5. The Balaban J connectivity index is 2.15. The minimum absolute atomic E-state index is 0.107. The number of hydrogen-bond donors (Lipinski definition) is 0. The monoisotopic (exact) mass is 419 g/mol. The lowest BCUT2D eigenvalue weighted by Crippen LogP contribution is -2.12. The zero-order valence-electron chi connectivity index (χ0n) is 16.9. The maximum absolute atomic E-state index is 6.46. The van der Waals surface area contributed by atoms with Crippen LogP contribution in [0.4, 0.5) is 0 Å². The van der Waals surface area contributed by atoms with E-state index < -0.39 is 0 Å². The molecule has 0 saturated heterocycles. The molecular weight excluding hydrogens is 393 g/mol. The number of unbranched alkanes of at least 4 members (excludes halogenated alkanes) is 1. The second-order valence-corrected chi connectivity index (χ2v) is 8.24. The minimum atomic E-state index is 0.107. The summed E-state index contributed by atoms with van der Waals surface area (Å²) < 4.78 is 2.13. The van der Waals surface area contributed by atoms with Crippen LogP contribution in [-0.4, -0.2) is 24.5 Å². The van der Waals surface area contributed by atoms with Crippen LogP contribution >= 0.6 is 23.2 Å². The summed E-state index contributed by atoms with van der Waals surface area (Å²) >= 11 is 12.5. The summed E-state index contributed by atoms with van der Waals surface area (Å²) in [6, 6.07) is 4.14. The topological polar surface area (TPSA) is 56.5 Å². The Kier molecular flexibility index (Phi) is 6.89. The maximum atomic E-state index is 6.46. The molecule has 0 bridgehead atoms. The molecule has 5 nitrogen and oxygen atoms in total. The van der Waals surface area contributed by atoms with Gasteiger partial charge in [-0.15, -0.1) is 0 Å². The van der Waals surface area contributed by atoms with Crippen molar-refractivity contribution in [3.63, 3.8) is 0 Å². The molecular formula is C21H27Cl2N5. The van der Waals surface area contributed by atoms with Crippen molar-refractivity contribution >= 4 is 34.4 Å². The van der Waals surface area contributed by atoms with Crippen LogP contribution in [0.25, 0.3) is 22.7 Å². The highest BCUT2D eigenvalue weighted by Crippen LogP contribution is 2.31. The van der Waals surface area contributed by atoms with Gasteiger partial charge in [0.05, 0.1) is 0 Å². The van der Waals surface area contributed by atoms with Crippen LogP contribution < -0.4 is 0 Å². The SMILES string of the molecule is CCCCC(CC)Cn1c(-c2cc(C(C)C)ccn2)nc2nc(Cl)nc(Cl)c21. The molecule has 3 aromatic rings. The normalized spacial score (nSPS) is 12.8. The average Bonchev–Trinajstić information content (AvgIpc) is 3.03. The van der Waals surface area contributed by atoms with E-state index in [9.17, 15) is 0 Å². The third-order valence-electron chi connectivity index (χ3n) is 5.20. The predicted molar refractivity (Wildman–Crippen MR) is 116 cm³/mol. The molecule has 0 aliphatic rings. The van der Waals surface area contributed by atoms with Crippen LogP contribution in [0.2, 0.25) is 10.4 Å². The van der Waals surface area contributed by atoms with Crippen molar-refractivity contribution in [3.8, 4) is 11.5 Å². The minimum Gasteiger partial charge on any atom is -0.318 e. The fourth-order valence-corrected chi connectivity index (χ4v) is 3.92. The fourth-order valence-electron chi connectivity index (χ4n) is 3.45. The third kappa shape index (κ3) is 4.47. The number of pyridine rings is 1. The van der Waals surface area contributed by atoms with Gasteiger partial charge >= 0.3 is 0 Å². The van der Waals surface area contributed by atoms with Crippen molar-refractivity contribution in [1.29, 1.82) is 0 Å². The molecule has 0 aromatic carbocycles. The zero-order chi connectivity index (χ0) is 20.3. The van der Waals surface area contributed by atoms with E-state index in [1.54, 1.807) is 0 Å². The Hall–Kier alpha value is -1.72. The summed E-state index contributed by atoms with van der Waals surface area (Å²) in [5.41, 5.74) is 3.29. The van der Waals surface area contributed by atoms with Crippen LogP contribution in [-0.2, 0) is 6.54 Å². The van der Waals surface area contributed by atoms with E-state index >= 15 is 0 Å². The molecule has 0 aliphatic heterocycles. The van der Waals surface area contributed by atoms with Crippen LogP contribution in [0.3, 0.4) is 0 Å². The van der Waals surface area contributed by atoms with E-state index in [-0.39, 0.29) is 5.28 Å². The van der Waals surface area contributed by atoms with Gasteiger partial charge in [0.25, 0.3) is 0 Å². The Morgan fingerprint density at radius 3 is 2.57 bits per heavy atom. The number of aromatic nitrogens is 5. The number of fused-ring (bicyclic) bond motifs is 1. The first-order valence-electron chi connectivity index (χ1n) is 10.00. The second-order valence-electron chi connectivity index (χ2n) is 7.55. The highest BCUT2D eigenvalue weighted by atomic mass is 35.5. The van der Waals surface area contributed by atoms with Crippen molar-refractivity contribution in [1.82, 2.24) is 24.5 Å². The lowest BCUT2D eigenvalue weighted by atomic mass is 9.99. The quantitative estimate of drug-likeness (QED) is 0.307. The molecule has 0 radical (unpaired) electrons. The largest absolute Gasteiger partial charge is 0.318 e. The summed E-state index contributed by atoms with van der Waals surface area (Å²) in [5.74, 6) is 1.70. The van der Waals surface area contributed by atoms with Gasteiger partial charge in [-0.2, -0.15) is 4.98 Å². The van der Waals surface area contributed by atoms with Gasteiger partial charge in [0.2, 0.25) is 5.28 Å². The Labute approximate surface area is 176 Å². The molecule has 28 heavy (non-hydrogen) atoms. The van der Waals surface area contributed by atoms with E-state index in [4.69, 9.17) is 28.2 Å². The highest BCUT2D eigenvalue weighted by Gasteiger charge is 2.21. The smallest absolute Gasteiger partial charge is 0.225 e. The van der Waals surface area contributed by atoms with Crippen molar-refractivity contribution in [2.45, 2.75) is 65.8 Å². The molecule has 0 N–H and O–H groups in total. The van der Waals surface area contributed by atoms with E-state index in [1.807, 2.05) is 12.3 Å². The van der Waals surface area contributed by atoms with Gasteiger partial charge < -0.3 is 4.57 Å². The zero-order valence-corrected chi connectivity index (χ0v) is 18.4. The van der Waals surface area contributed by atoms with Gasteiger partial charge in [0.15, 0.2) is 16.6 Å². The first kappa shape index (κ1) is 21.0. The van der Waals surface area contributed by atoms with Gasteiger partial charge in [0.1, 0.15) is 11.2 Å². The molecule has 3 aromatic heterocycles. The van der Waals surface area contributed by atoms with E-state index in [0.717, 1.165) is 36.4 Å². The molecule has 3 heterocycles. The lowest BCUT2D eigenvalue weighted by molar-refractivity contribution is 0.397. The molecule has 1 atom stereocenters. The third-order valence-corrected chi connectivity index (χ3v) is 5.63. The van der Waals surface area contributed by atoms with Crippen LogP contribution in [0.15, 0.2) is 18.3 Å². The van der Waals surface area contributed by atoms with Crippen molar-refractivity contribution < 1.29 is 0 Å². The molecule has 0 spiro atoms. The van der Waals surface area contributed by atoms with Crippen LogP contribution in [0, 0.1) is 5.92 Å². The molecule has 1 unspecified atom stereocenters. The standard InChI is InChI=1S/C21H27Cl2N5/c1-5-7-8-14(6-2)12-28-17-18(22)25-21(23)27-19(17)26-20(28)16-11-15(13(3)4)9-10-24-16/h9-11,13-14H,5-8,12H2,1-4H3. The Bertz CT molecular complexity index is 951. The van der Waals surface area contributed by atoms with Gasteiger partial charge in [-0.05, 0) is 47.6 Å². The maximum Gasteiger partial charge on any atom is 0.225 e. The fraction of sp³-hybridized carbons (Fsp3) is 0.524. The summed E-state index contributed by atoms with van der Waals surface area (Å²) in [4.78, 5) is 17.8. The lowest BCUT2D eigenvalue weighted by Gasteiger charge is -2.18. The summed E-state index contributed by atoms with van der Waals surface area (Å²) in [5, 5.41) is 0.440. The van der Waals surface area contributed by atoms with Crippen LogP contribution in [0.5, 0.6) is 0 Å². The molecule has 7 heteroatoms. The number of halogens is 2. The van der Waals surface area contributed by atoms with E-state index in [2.05, 4.69) is 53.3 Å². The Morgan fingerprint density at radius 2 is 1.89 bits per heavy atom. The van der Waals surface area contributed by atoms with E-state index in [0.29, 0.717) is 22.6 Å². The van der Waals surface area contributed by atoms with Gasteiger partial charge in [-0.3, -0.25) is 4.98 Å². The first-order valence-corrected chi connectivity index (χ1v) is 10.8. The molecule has 0 amide bonds. The predicted octanol–water partition coefficient (Wildman–Crippen LogP) is 6.53. The summed E-state index contributed by atoms with van der Waals surface area (Å²) in [6.45, 7) is 9.59. The van der Waals surface area contributed by atoms with Crippen molar-refractivity contribution in [2.24, 2.45) is 5.92 Å². The highest BCUT2D eigenvalue weighted by molar-refractivity contribution is 6.35. The van der Waals surface area contributed by atoms with Gasteiger partial charge in [0, 0.05) is 12.7 Å². The number of hydrogen-bond acceptors (Lipinski definition) is 4. The average molecular weight is 420 g/mol. The first-order chi connectivity index (χ1) is 13.4. The second kappa shape index (κ2) is 9.19. The van der Waals surface area contributed by atoms with Crippen molar-refractivity contribution in [2.75, 3.05) is 0 Å². The molecule has 3 rings (SSSR count). The molecule has 0 aliphatic carbocycles. The van der Waals surface area contributed by atoms with Gasteiger partial charge in [-0.1, -0.05) is 58.6 Å². The van der Waals surface area contributed by atoms with Gasteiger partial charge in [-0.25, -0.2) is 9.97 Å². The number of rotatable bonds is 8. The van der Waals surface area contributed by atoms with Crippen molar-refractivity contribution in [3.05, 3.63) is 34.3 Å². The summed E-state index contributed by atoms with van der Waals surface area (Å²) in [7, 11) is 0. The van der Waals surface area contributed by atoms with Crippen LogP contribution in [0.1, 0.15) is 64.9 Å². The number of imidazole rings is 1. The van der Waals surface area contributed by atoms with E-state index in [1.165, 1.54) is 18.4 Å². The molecule has 150 valence electrons. The molecule has 0 fully saturated rings. The summed E-state index contributed by atoms with van der Waals surface area (Å²) in [6.07, 6.45) is 6.48.